The smallest absolute Gasteiger partial charge is 0.226 e. The molecule has 1 aliphatic heterocycles. The molecule has 0 radical (unpaired) electrons. The molecule has 0 bridgehead atoms. The van der Waals surface area contributed by atoms with Gasteiger partial charge in [0.15, 0.2) is 5.65 Å². The molecule has 190 valence electrons. The zero-order valence-corrected chi connectivity index (χ0v) is 22.1. The van der Waals surface area contributed by atoms with Crippen molar-refractivity contribution in [1.29, 1.82) is 0 Å². The van der Waals surface area contributed by atoms with E-state index in [1.165, 1.54) is 43.5 Å². The highest BCUT2D eigenvalue weighted by molar-refractivity contribution is 6.28. The number of nitrogens with one attached hydrogen (secondary N) is 1. The molecule has 0 unspecified atom stereocenters. The highest BCUT2D eigenvalue weighted by atomic mass is 35.5. The van der Waals surface area contributed by atoms with E-state index < -0.39 is 0 Å². The van der Waals surface area contributed by atoms with Crippen molar-refractivity contribution >= 4 is 28.5 Å². The highest BCUT2D eigenvalue weighted by Gasteiger charge is 2.14. The summed E-state index contributed by atoms with van der Waals surface area (Å²) in [5.74, 6) is 1.51. The van der Waals surface area contributed by atoms with E-state index in [4.69, 9.17) is 16.3 Å². The van der Waals surface area contributed by atoms with E-state index >= 15 is 0 Å². The molecule has 0 atom stereocenters. The average molecular weight is 507 g/mol. The van der Waals surface area contributed by atoms with Gasteiger partial charge in [-0.3, -0.25) is 4.90 Å². The molecular formula is C28H35ClN6O. The van der Waals surface area contributed by atoms with E-state index in [2.05, 4.69) is 49.5 Å². The van der Waals surface area contributed by atoms with Gasteiger partial charge in [-0.15, -0.1) is 0 Å². The van der Waals surface area contributed by atoms with Crippen molar-refractivity contribution in [1.82, 2.24) is 24.6 Å². The first-order valence-corrected chi connectivity index (χ1v) is 13.1. The molecule has 1 N–H and O–H groups in total. The highest BCUT2D eigenvalue weighted by Crippen LogP contribution is 2.24. The fraction of sp³-hybridized carbons (Fsp3) is 0.393. The number of benzene rings is 2. The summed E-state index contributed by atoms with van der Waals surface area (Å²) < 4.78 is 7.12. The summed E-state index contributed by atoms with van der Waals surface area (Å²) in [5.41, 5.74) is 4.37. The van der Waals surface area contributed by atoms with Crippen molar-refractivity contribution in [3.8, 4) is 5.75 Å². The van der Waals surface area contributed by atoms with Crippen LogP contribution in [0, 0.1) is 0 Å². The van der Waals surface area contributed by atoms with Crippen molar-refractivity contribution in [2.24, 2.45) is 0 Å². The lowest BCUT2D eigenvalue weighted by Gasteiger charge is -2.26. The number of nitrogens with zero attached hydrogens (tertiary/aromatic N) is 5. The van der Waals surface area contributed by atoms with Gasteiger partial charge in [0.1, 0.15) is 11.6 Å². The van der Waals surface area contributed by atoms with E-state index in [0.29, 0.717) is 18.9 Å². The minimum atomic E-state index is 0.199. The third kappa shape index (κ3) is 6.53. The summed E-state index contributed by atoms with van der Waals surface area (Å²) in [4.78, 5) is 11.4. The van der Waals surface area contributed by atoms with Gasteiger partial charge >= 0.3 is 0 Å². The molecule has 3 heterocycles. The molecular weight excluding hydrogens is 472 g/mol. The maximum Gasteiger partial charge on any atom is 0.226 e. The number of likely N-dealkylation sites (tertiary alicyclic amines) is 1. The lowest BCUT2D eigenvalue weighted by atomic mass is 10.1. The fourth-order valence-corrected chi connectivity index (χ4v) is 4.65. The molecule has 2 aromatic carbocycles. The molecule has 0 spiro atoms. The summed E-state index contributed by atoms with van der Waals surface area (Å²) in [5, 5.41) is 9.03. The molecule has 0 saturated carbocycles. The molecule has 1 saturated heterocycles. The van der Waals surface area contributed by atoms with E-state index in [1.54, 1.807) is 13.3 Å². The number of rotatable bonds is 8. The van der Waals surface area contributed by atoms with Gasteiger partial charge in [-0.05, 0) is 66.4 Å². The Labute approximate surface area is 218 Å². The van der Waals surface area contributed by atoms with E-state index in [9.17, 15) is 0 Å². The van der Waals surface area contributed by atoms with Crippen molar-refractivity contribution in [2.45, 2.75) is 52.7 Å². The number of anilines is 1. The zero-order valence-electron chi connectivity index (χ0n) is 21.4. The van der Waals surface area contributed by atoms with Crippen LogP contribution in [0.25, 0.3) is 11.0 Å². The Kier molecular flexibility index (Phi) is 9.14. The lowest BCUT2D eigenvalue weighted by molar-refractivity contribution is 0.221. The molecule has 8 heteroatoms. The molecule has 7 nitrogen and oxygen atoms in total. The maximum absolute atomic E-state index is 6.29. The molecule has 0 amide bonds. The van der Waals surface area contributed by atoms with Crippen LogP contribution in [-0.4, -0.2) is 44.8 Å². The van der Waals surface area contributed by atoms with Crippen LogP contribution in [-0.2, 0) is 19.6 Å². The number of aromatic nitrogens is 4. The van der Waals surface area contributed by atoms with Crippen LogP contribution in [0.3, 0.4) is 0 Å². The second-order valence-electron chi connectivity index (χ2n) is 8.74. The van der Waals surface area contributed by atoms with Gasteiger partial charge < -0.3 is 10.1 Å². The Morgan fingerprint density at radius 1 is 0.917 bits per heavy atom. The number of methoxy groups -OCH3 is 1. The van der Waals surface area contributed by atoms with Crippen LogP contribution in [0.2, 0.25) is 5.28 Å². The molecule has 0 aliphatic carbocycles. The van der Waals surface area contributed by atoms with Crippen LogP contribution in [0.5, 0.6) is 5.75 Å². The largest absolute Gasteiger partial charge is 0.497 e. The Morgan fingerprint density at radius 2 is 1.64 bits per heavy atom. The third-order valence-corrected chi connectivity index (χ3v) is 6.44. The van der Waals surface area contributed by atoms with E-state index in [0.717, 1.165) is 28.9 Å². The summed E-state index contributed by atoms with van der Waals surface area (Å²) >= 11 is 6.29. The monoisotopic (exact) mass is 506 g/mol. The van der Waals surface area contributed by atoms with Crippen molar-refractivity contribution in [3.05, 3.63) is 76.7 Å². The van der Waals surface area contributed by atoms with Crippen LogP contribution in [0.15, 0.2) is 54.7 Å². The van der Waals surface area contributed by atoms with Crippen molar-refractivity contribution in [3.63, 3.8) is 0 Å². The number of fused-ring (bicyclic) bond motifs is 1. The Bertz CT molecular complexity index is 1250. The Hall–Kier alpha value is -3.16. The maximum atomic E-state index is 6.29. The first-order valence-electron chi connectivity index (χ1n) is 12.7. The molecule has 2 aromatic heterocycles. The van der Waals surface area contributed by atoms with Crippen LogP contribution in [0.1, 0.15) is 49.8 Å². The molecule has 4 aromatic rings. The summed E-state index contributed by atoms with van der Waals surface area (Å²) in [6.07, 6.45) is 5.76. The Balaban J connectivity index is 0.00000148. The Morgan fingerprint density at radius 3 is 2.36 bits per heavy atom. The normalized spacial score (nSPS) is 13.8. The van der Waals surface area contributed by atoms with Crippen LogP contribution >= 0.6 is 11.6 Å². The number of hydrogen-bond donors (Lipinski definition) is 1. The quantitative estimate of drug-likeness (QED) is 0.288. The minimum absolute atomic E-state index is 0.199. The van der Waals surface area contributed by atoms with Crippen molar-refractivity contribution in [2.75, 3.05) is 25.5 Å². The van der Waals surface area contributed by atoms with Crippen LogP contribution in [0.4, 0.5) is 5.82 Å². The number of piperidine rings is 1. The predicted molar refractivity (Wildman–Crippen MR) is 147 cm³/mol. The summed E-state index contributed by atoms with van der Waals surface area (Å²) in [6, 6.07) is 16.7. The molecule has 1 aliphatic rings. The first kappa shape index (κ1) is 25.9. The SMILES string of the molecule is CC.COc1ccc(CNc2nc(Cl)nc3c2cnn3Cc2cccc(CN3CCCCC3)c2)cc1. The zero-order chi connectivity index (χ0) is 25.3. The summed E-state index contributed by atoms with van der Waals surface area (Å²) in [7, 11) is 1.66. The topological polar surface area (TPSA) is 68.1 Å². The van der Waals surface area contributed by atoms with Gasteiger partial charge in [0.25, 0.3) is 0 Å². The van der Waals surface area contributed by atoms with E-state index in [1.807, 2.05) is 42.8 Å². The second-order valence-corrected chi connectivity index (χ2v) is 9.08. The van der Waals surface area contributed by atoms with E-state index in [-0.39, 0.29) is 5.28 Å². The molecule has 5 rings (SSSR count). The number of hydrogen-bond acceptors (Lipinski definition) is 6. The van der Waals surface area contributed by atoms with Crippen molar-refractivity contribution < 1.29 is 4.74 Å². The molecule has 36 heavy (non-hydrogen) atoms. The van der Waals surface area contributed by atoms with Gasteiger partial charge in [0.05, 0.1) is 25.2 Å². The first-order chi connectivity index (χ1) is 17.7. The lowest BCUT2D eigenvalue weighted by Crippen LogP contribution is -2.29. The predicted octanol–water partition coefficient (Wildman–Crippen LogP) is 6.16. The second kappa shape index (κ2) is 12.7. The van der Waals surface area contributed by atoms with Gasteiger partial charge in [-0.2, -0.15) is 15.1 Å². The summed E-state index contributed by atoms with van der Waals surface area (Å²) in [6.45, 7) is 8.62. The van der Waals surface area contributed by atoms with Gasteiger partial charge in [0, 0.05) is 13.1 Å². The average Bonchev–Trinajstić information content (AvgIpc) is 3.32. The van der Waals surface area contributed by atoms with Crippen LogP contribution < -0.4 is 10.1 Å². The third-order valence-electron chi connectivity index (χ3n) is 6.27. The van der Waals surface area contributed by atoms with Gasteiger partial charge in [-0.1, -0.05) is 56.7 Å². The number of ether oxygens (including phenoxy) is 1. The standard InChI is InChI=1S/C26H29ClN6O.C2H6/c1-34-22-10-8-19(9-11-22)15-28-24-23-16-29-33(25(23)31-26(27)30-24)18-21-7-5-6-20(14-21)17-32-12-3-2-4-13-32;1-2/h5-11,14,16H,2-4,12-13,15,17-18H2,1H3,(H,28,30,31);1-2H3. The minimum Gasteiger partial charge on any atom is -0.497 e. The van der Waals surface area contributed by atoms with Gasteiger partial charge in [-0.25, -0.2) is 4.68 Å². The van der Waals surface area contributed by atoms with Gasteiger partial charge in [0.2, 0.25) is 5.28 Å². The number of halogens is 1. The molecule has 1 fully saturated rings. The fourth-order valence-electron chi connectivity index (χ4n) is 4.48.